The van der Waals surface area contributed by atoms with Gasteiger partial charge in [0.2, 0.25) is 5.91 Å². The first-order valence-electron chi connectivity index (χ1n) is 7.07. The largest absolute Gasteiger partial charge is 0.349 e. The first kappa shape index (κ1) is 15.6. The summed E-state index contributed by atoms with van der Waals surface area (Å²) in [7, 11) is 0. The predicted molar refractivity (Wildman–Crippen MR) is 87.6 cm³/mol. The molecule has 0 aliphatic rings. The third-order valence-corrected chi connectivity index (χ3v) is 4.03. The van der Waals surface area contributed by atoms with Crippen LogP contribution >= 0.6 is 11.6 Å². The molecule has 0 aromatic heterocycles. The maximum Gasteiger partial charge on any atom is 0.224 e. The number of amides is 1. The number of benzene rings is 2. The second-order valence-corrected chi connectivity index (χ2v) is 5.81. The molecule has 0 spiro atoms. The van der Waals surface area contributed by atoms with Gasteiger partial charge < -0.3 is 5.32 Å². The Bertz CT molecular complexity index is 651. The molecule has 1 N–H and O–H groups in total. The lowest BCUT2D eigenvalue weighted by Crippen LogP contribution is -2.28. The van der Waals surface area contributed by atoms with Crippen molar-refractivity contribution < 1.29 is 4.79 Å². The molecule has 0 saturated carbocycles. The van der Waals surface area contributed by atoms with Gasteiger partial charge in [-0.05, 0) is 49.1 Å². The molecule has 0 aliphatic carbocycles. The lowest BCUT2D eigenvalue weighted by atomic mass is 10.0. The quantitative estimate of drug-likeness (QED) is 0.892. The van der Waals surface area contributed by atoms with Crippen molar-refractivity contribution in [3.8, 4) is 0 Å². The molecular formula is C18H20ClNO. The van der Waals surface area contributed by atoms with Gasteiger partial charge in [-0.25, -0.2) is 0 Å². The molecule has 0 aliphatic heterocycles. The van der Waals surface area contributed by atoms with Crippen LogP contribution in [0.3, 0.4) is 0 Å². The van der Waals surface area contributed by atoms with E-state index in [1.807, 2.05) is 37.3 Å². The standard InChI is InChI=1S/C18H20ClNO/c1-12-8-9-15(10-13(12)2)11-18(21)20-14(3)16-6-4-5-7-17(16)19/h4-10,14H,11H2,1-3H3,(H,20,21)/t14-/m1/s1. The summed E-state index contributed by atoms with van der Waals surface area (Å²) in [6, 6.07) is 13.6. The van der Waals surface area contributed by atoms with Gasteiger partial charge in [0.05, 0.1) is 12.5 Å². The van der Waals surface area contributed by atoms with Gasteiger partial charge in [-0.15, -0.1) is 0 Å². The number of rotatable bonds is 4. The average molecular weight is 302 g/mol. The highest BCUT2D eigenvalue weighted by molar-refractivity contribution is 6.31. The number of nitrogens with one attached hydrogen (secondary N) is 1. The summed E-state index contributed by atoms with van der Waals surface area (Å²) >= 11 is 6.15. The molecule has 0 unspecified atom stereocenters. The van der Waals surface area contributed by atoms with Crippen molar-refractivity contribution >= 4 is 17.5 Å². The maximum atomic E-state index is 12.1. The van der Waals surface area contributed by atoms with Crippen molar-refractivity contribution in [1.29, 1.82) is 0 Å². The number of halogens is 1. The summed E-state index contributed by atoms with van der Waals surface area (Å²) < 4.78 is 0. The fourth-order valence-electron chi connectivity index (χ4n) is 2.30. The molecule has 1 atom stereocenters. The minimum atomic E-state index is -0.0993. The Morgan fingerprint density at radius 2 is 1.86 bits per heavy atom. The van der Waals surface area contributed by atoms with Crippen LogP contribution in [0.5, 0.6) is 0 Å². The van der Waals surface area contributed by atoms with E-state index in [1.165, 1.54) is 11.1 Å². The van der Waals surface area contributed by atoms with E-state index in [4.69, 9.17) is 11.6 Å². The normalized spacial score (nSPS) is 12.0. The van der Waals surface area contributed by atoms with Crippen LogP contribution in [0, 0.1) is 13.8 Å². The summed E-state index contributed by atoms with van der Waals surface area (Å²) in [5.41, 5.74) is 4.41. The lowest BCUT2D eigenvalue weighted by molar-refractivity contribution is -0.121. The van der Waals surface area contributed by atoms with E-state index in [-0.39, 0.29) is 11.9 Å². The van der Waals surface area contributed by atoms with Crippen LogP contribution in [0.15, 0.2) is 42.5 Å². The van der Waals surface area contributed by atoms with Crippen LogP contribution in [-0.2, 0) is 11.2 Å². The highest BCUT2D eigenvalue weighted by Gasteiger charge is 2.12. The zero-order valence-electron chi connectivity index (χ0n) is 12.6. The third-order valence-electron chi connectivity index (χ3n) is 3.69. The molecule has 2 rings (SSSR count). The van der Waals surface area contributed by atoms with Gasteiger partial charge in [0.25, 0.3) is 0 Å². The van der Waals surface area contributed by atoms with Gasteiger partial charge in [0, 0.05) is 5.02 Å². The van der Waals surface area contributed by atoms with E-state index in [1.54, 1.807) is 0 Å². The Morgan fingerprint density at radius 3 is 2.52 bits per heavy atom. The third kappa shape index (κ3) is 4.08. The molecule has 0 heterocycles. The van der Waals surface area contributed by atoms with Crippen LogP contribution in [-0.4, -0.2) is 5.91 Å². The van der Waals surface area contributed by atoms with Crippen molar-refractivity contribution in [3.05, 3.63) is 69.7 Å². The van der Waals surface area contributed by atoms with Crippen LogP contribution in [0.2, 0.25) is 5.02 Å². The minimum absolute atomic E-state index is 0.00525. The zero-order chi connectivity index (χ0) is 15.4. The molecule has 0 fully saturated rings. The molecule has 3 heteroatoms. The summed E-state index contributed by atoms with van der Waals surface area (Å²) in [4.78, 5) is 12.1. The minimum Gasteiger partial charge on any atom is -0.349 e. The number of aryl methyl sites for hydroxylation is 2. The Labute approximate surface area is 131 Å². The summed E-state index contributed by atoms with van der Waals surface area (Å²) in [5.74, 6) is 0.00525. The molecule has 2 nitrogen and oxygen atoms in total. The van der Waals surface area contributed by atoms with E-state index in [0.29, 0.717) is 11.4 Å². The SMILES string of the molecule is Cc1ccc(CC(=O)N[C@H](C)c2ccccc2Cl)cc1C. The Morgan fingerprint density at radius 1 is 1.14 bits per heavy atom. The van der Waals surface area contributed by atoms with E-state index in [2.05, 4.69) is 31.3 Å². The Kier molecular flexibility index (Phi) is 5.03. The van der Waals surface area contributed by atoms with Gasteiger partial charge in [0.1, 0.15) is 0 Å². The predicted octanol–water partition coefficient (Wildman–Crippen LogP) is 4.38. The fraction of sp³-hybridized carbons (Fsp3) is 0.278. The molecule has 21 heavy (non-hydrogen) atoms. The lowest BCUT2D eigenvalue weighted by Gasteiger charge is -2.16. The van der Waals surface area contributed by atoms with Crippen LogP contribution < -0.4 is 5.32 Å². The highest BCUT2D eigenvalue weighted by Crippen LogP contribution is 2.22. The average Bonchev–Trinajstić information content (AvgIpc) is 2.43. The first-order valence-corrected chi connectivity index (χ1v) is 7.45. The topological polar surface area (TPSA) is 29.1 Å². The van der Waals surface area contributed by atoms with Gasteiger partial charge in [-0.3, -0.25) is 4.79 Å². The van der Waals surface area contributed by atoms with Crippen molar-refractivity contribution in [2.75, 3.05) is 0 Å². The molecule has 0 saturated heterocycles. The molecule has 0 radical (unpaired) electrons. The monoisotopic (exact) mass is 301 g/mol. The molecular weight excluding hydrogens is 282 g/mol. The first-order chi connectivity index (χ1) is 9.97. The second-order valence-electron chi connectivity index (χ2n) is 5.41. The van der Waals surface area contributed by atoms with Crippen molar-refractivity contribution in [2.45, 2.75) is 33.2 Å². The highest BCUT2D eigenvalue weighted by atomic mass is 35.5. The van der Waals surface area contributed by atoms with Crippen molar-refractivity contribution in [3.63, 3.8) is 0 Å². The van der Waals surface area contributed by atoms with Crippen molar-refractivity contribution in [2.24, 2.45) is 0 Å². The van der Waals surface area contributed by atoms with E-state index in [0.717, 1.165) is 11.1 Å². The molecule has 2 aromatic rings. The number of hydrogen-bond donors (Lipinski definition) is 1. The number of hydrogen-bond acceptors (Lipinski definition) is 1. The van der Waals surface area contributed by atoms with Gasteiger partial charge in [-0.2, -0.15) is 0 Å². The Hall–Kier alpha value is -1.80. The van der Waals surface area contributed by atoms with E-state index in [9.17, 15) is 4.79 Å². The Balaban J connectivity index is 2.01. The summed E-state index contributed by atoms with van der Waals surface area (Å²) in [5, 5.41) is 3.67. The second kappa shape index (κ2) is 6.77. The molecule has 1 amide bonds. The fourth-order valence-corrected chi connectivity index (χ4v) is 2.59. The summed E-state index contributed by atoms with van der Waals surface area (Å²) in [6.45, 7) is 6.07. The van der Waals surface area contributed by atoms with E-state index >= 15 is 0 Å². The number of carbonyl (C=O) groups excluding carboxylic acids is 1. The molecule has 110 valence electrons. The number of carbonyl (C=O) groups is 1. The van der Waals surface area contributed by atoms with Gasteiger partial charge in [-0.1, -0.05) is 48.0 Å². The van der Waals surface area contributed by atoms with Crippen LogP contribution in [0.25, 0.3) is 0 Å². The summed E-state index contributed by atoms with van der Waals surface area (Å²) in [6.07, 6.45) is 0.385. The van der Waals surface area contributed by atoms with Gasteiger partial charge >= 0.3 is 0 Å². The zero-order valence-corrected chi connectivity index (χ0v) is 13.4. The molecule has 0 bridgehead atoms. The maximum absolute atomic E-state index is 12.1. The van der Waals surface area contributed by atoms with Crippen LogP contribution in [0.4, 0.5) is 0 Å². The van der Waals surface area contributed by atoms with E-state index < -0.39 is 0 Å². The van der Waals surface area contributed by atoms with Crippen LogP contribution in [0.1, 0.15) is 35.2 Å². The smallest absolute Gasteiger partial charge is 0.224 e. The molecule has 2 aromatic carbocycles. The van der Waals surface area contributed by atoms with Gasteiger partial charge in [0.15, 0.2) is 0 Å². The van der Waals surface area contributed by atoms with Crippen molar-refractivity contribution in [1.82, 2.24) is 5.32 Å².